The number of aliphatic hydroxyl groups is 1. The Morgan fingerprint density at radius 3 is 2.29 bits per heavy atom. The highest BCUT2D eigenvalue weighted by Crippen LogP contribution is 2.29. The zero-order valence-electron chi connectivity index (χ0n) is 17.9. The quantitative estimate of drug-likeness (QED) is 0.564. The molecule has 0 aliphatic heterocycles. The number of carbonyl (C=O) groups is 2. The Balaban J connectivity index is 1.55. The van der Waals surface area contributed by atoms with Crippen molar-refractivity contribution in [3.63, 3.8) is 0 Å². The van der Waals surface area contributed by atoms with Gasteiger partial charge in [-0.05, 0) is 30.5 Å². The van der Waals surface area contributed by atoms with E-state index in [0.717, 1.165) is 18.4 Å². The second-order valence-electron chi connectivity index (χ2n) is 7.53. The predicted octanol–water partition coefficient (Wildman–Crippen LogP) is 2.48. The molecule has 0 atom stereocenters. The number of aliphatic hydroxyl groups excluding tert-OH is 1. The number of methoxy groups -OCH3 is 1. The average Bonchev–Trinajstić information content (AvgIpc) is 3.63. The van der Waals surface area contributed by atoms with Gasteiger partial charge in [-0.15, -0.1) is 0 Å². The lowest BCUT2D eigenvalue weighted by Crippen LogP contribution is -2.40. The normalized spacial score (nSPS) is 12.8. The molecule has 2 amide bonds. The van der Waals surface area contributed by atoms with Crippen molar-refractivity contribution >= 4 is 11.8 Å². The number of amides is 2. The molecule has 1 fully saturated rings. The van der Waals surface area contributed by atoms with Gasteiger partial charge in [-0.2, -0.15) is 0 Å². The molecule has 2 aromatic carbocycles. The number of para-hydroxylation sites is 2. The molecule has 2 aromatic rings. The van der Waals surface area contributed by atoms with Crippen molar-refractivity contribution in [1.29, 1.82) is 0 Å². The molecule has 31 heavy (non-hydrogen) atoms. The summed E-state index contributed by atoms with van der Waals surface area (Å²) in [5.74, 6) is 0.867. The number of hydrogen-bond donors (Lipinski definition) is 1. The molecule has 0 radical (unpaired) electrons. The second-order valence-corrected chi connectivity index (χ2v) is 7.53. The van der Waals surface area contributed by atoms with Crippen LogP contribution >= 0.6 is 0 Å². The monoisotopic (exact) mass is 426 g/mol. The maximum Gasteiger partial charge on any atom is 0.260 e. The smallest absolute Gasteiger partial charge is 0.260 e. The summed E-state index contributed by atoms with van der Waals surface area (Å²) in [6.07, 6.45) is 2.10. The van der Waals surface area contributed by atoms with Crippen molar-refractivity contribution < 1.29 is 24.2 Å². The molecule has 0 bridgehead atoms. The Hall–Kier alpha value is -3.06. The molecular weight excluding hydrogens is 396 g/mol. The van der Waals surface area contributed by atoms with Crippen LogP contribution in [-0.4, -0.2) is 66.2 Å². The van der Waals surface area contributed by atoms with Gasteiger partial charge < -0.3 is 24.4 Å². The first-order chi connectivity index (χ1) is 15.1. The Morgan fingerprint density at radius 1 is 0.968 bits per heavy atom. The molecule has 3 rings (SSSR count). The van der Waals surface area contributed by atoms with Crippen LogP contribution in [0.4, 0.5) is 0 Å². The first-order valence-electron chi connectivity index (χ1n) is 10.6. The van der Waals surface area contributed by atoms with Crippen molar-refractivity contribution in [2.24, 2.45) is 0 Å². The molecule has 1 saturated carbocycles. The van der Waals surface area contributed by atoms with Crippen molar-refractivity contribution in [3.05, 3.63) is 60.2 Å². The molecule has 0 saturated heterocycles. The topological polar surface area (TPSA) is 79.3 Å². The number of hydrogen-bond acceptors (Lipinski definition) is 5. The Bertz CT molecular complexity index is 854. The van der Waals surface area contributed by atoms with Crippen molar-refractivity contribution in [3.8, 4) is 11.5 Å². The van der Waals surface area contributed by atoms with Crippen LogP contribution in [0.25, 0.3) is 0 Å². The van der Waals surface area contributed by atoms with E-state index in [9.17, 15) is 14.7 Å². The van der Waals surface area contributed by atoms with E-state index in [1.165, 1.54) is 0 Å². The number of carbonyl (C=O) groups excluding carboxylic acids is 2. The van der Waals surface area contributed by atoms with E-state index in [1.807, 2.05) is 42.5 Å². The van der Waals surface area contributed by atoms with E-state index < -0.39 is 0 Å². The highest BCUT2D eigenvalue weighted by Gasteiger charge is 2.33. The van der Waals surface area contributed by atoms with E-state index >= 15 is 0 Å². The summed E-state index contributed by atoms with van der Waals surface area (Å²) in [7, 11) is 1.56. The minimum absolute atomic E-state index is 0.0815. The second kappa shape index (κ2) is 11.4. The largest absolute Gasteiger partial charge is 0.493 e. The third-order valence-corrected chi connectivity index (χ3v) is 5.23. The van der Waals surface area contributed by atoms with Crippen molar-refractivity contribution in [2.75, 3.05) is 33.4 Å². The molecule has 0 spiro atoms. The Kier molecular flexibility index (Phi) is 8.29. The Morgan fingerprint density at radius 2 is 1.65 bits per heavy atom. The molecule has 1 aliphatic carbocycles. The fourth-order valence-corrected chi connectivity index (χ4v) is 3.45. The van der Waals surface area contributed by atoms with Crippen LogP contribution in [0.2, 0.25) is 0 Å². The summed E-state index contributed by atoms with van der Waals surface area (Å²) >= 11 is 0. The zero-order chi connectivity index (χ0) is 22.1. The highest BCUT2D eigenvalue weighted by molar-refractivity contribution is 5.80. The molecule has 7 heteroatoms. The van der Waals surface area contributed by atoms with Crippen LogP contribution < -0.4 is 9.47 Å². The van der Waals surface area contributed by atoms with Crippen LogP contribution in [0.5, 0.6) is 11.5 Å². The van der Waals surface area contributed by atoms with Gasteiger partial charge in [0.25, 0.3) is 5.91 Å². The van der Waals surface area contributed by atoms with Gasteiger partial charge in [0, 0.05) is 32.1 Å². The van der Waals surface area contributed by atoms with Gasteiger partial charge in [0.05, 0.1) is 13.7 Å². The SMILES string of the molecule is COc1ccccc1OCC(=O)N(CCC(=O)N(CCO)Cc1ccccc1)C1CC1. The van der Waals surface area contributed by atoms with Crippen LogP contribution in [-0.2, 0) is 16.1 Å². The average molecular weight is 427 g/mol. The number of nitrogens with zero attached hydrogens (tertiary/aromatic N) is 2. The summed E-state index contributed by atoms with van der Waals surface area (Å²) in [5, 5.41) is 9.36. The van der Waals surface area contributed by atoms with Crippen LogP contribution in [0.1, 0.15) is 24.8 Å². The lowest BCUT2D eigenvalue weighted by molar-refractivity contribution is -0.136. The molecule has 166 valence electrons. The molecule has 7 nitrogen and oxygen atoms in total. The van der Waals surface area contributed by atoms with Gasteiger partial charge in [0.2, 0.25) is 5.91 Å². The first kappa shape index (κ1) is 22.6. The molecule has 1 N–H and O–H groups in total. The van der Waals surface area contributed by atoms with Crippen LogP contribution in [0.3, 0.4) is 0 Å². The van der Waals surface area contributed by atoms with Crippen molar-refractivity contribution in [2.45, 2.75) is 31.8 Å². The lowest BCUT2D eigenvalue weighted by Gasteiger charge is -2.26. The van der Waals surface area contributed by atoms with Crippen LogP contribution in [0.15, 0.2) is 54.6 Å². The molecule has 0 unspecified atom stereocenters. The fraction of sp³-hybridized carbons (Fsp3) is 0.417. The third kappa shape index (κ3) is 6.72. The number of rotatable bonds is 12. The van der Waals surface area contributed by atoms with E-state index in [1.54, 1.807) is 29.0 Å². The van der Waals surface area contributed by atoms with E-state index in [4.69, 9.17) is 9.47 Å². The summed E-state index contributed by atoms with van der Waals surface area (Å²) in [5.41, 5.74) is 1.00. The summed E-state index contributed by atoms with van der Waals surface area (Å²) in [6, 6.07) is 17.0. The third-order valence-electron chi connectivity index (χ3n) is 5.23. The molecule has 1 aliphatic rings. The van der Waals surface area contributed by atoms with E-state index in [2.05, 4.69) is 0 Å². The van der Waals surface area contributed by atoms with Gasteiger partial charge >= 0.3 is 0 Å². The number of benzene rings is 2. The minimum atomic E-state index is -0.141. The lowest BCUT2D eigenvalue weighted by atomic mass is 10.2. The molecular formula is C24H30N2O5. The van der Waals surface area contributed by atoms with Gasteiger partial charge in [0.1, 0.15) is 0 Å². The van der Waals surface area contributed by atoms with Gasteiger partial charge in [0.15, 0.2) is 18.1 Å². The summed E-state index contributed by atoms with van der Waals surface area (Å²) in [6.45, 7) is 0.844. The first-order valence-corrected chi connectivity index (χ1v) is 10.6. The fourth-order valence-electron chi connectivity index (χ4n) is 3.45. The maximum absolute atomic E-state index is 12.8. The number of ether oxygens (including phenoxy) is 2. The van der Waals surface area contributed by atoms with Gasteiger partial charge in [-0.25, -0.2) is 0 Å². The van der Waals surface area contributed by atoms with E-state index in [0.29, 0.717) is 24.6 Å². The maximum atomic E-state index is 12.8. The van der Waals surface area contributed by atoms with Crippen LogP contribution in [0, 0.1) is 0 Å². The van der Waals surface area contributed by atoms with Gasteiger partial charge in [-0.3, -0.25) is 9.59 Å². The predicted molar refractivity (Wildman–Crippen MR) is 117 cm³/mol. The minimum Gasteiger partial charge on any atom is -0.493 e. The van der Waals surface area contributed by atoms with E-state index in [-0.39, 0.29) is 44.0 Å². The summed E-state index contributed by atoms with van der Waals surface area (Å²) < 4.78 is 10.9. The molecule has 0 heterocycles. The highest BCUT2D eigenvalue weighted by atomic mass is 16.5. The standard InChI is InChI=1S/C24H30N2O5/c1-30-21-9-5-6-10-22(21)31-18-24(29)26(20-11-12-20)14-13-23(28)25(15-16-27)17-19-7-3-2-4-8-19/h2-10,20,27H,11-18H2,1H3. The zero-order valence-corrected chi connectivity index (χ0v) is 17.9. The molecule has 0 aromatic heterocycles. The summed E-state index contributed by atoms with van der Waals surface area (Å²) in [4.78, 5) is 29.0. The van der Waals surface area contributed by atoms with Crippen molar-refractivity contribution in [1.82, 2.24) is 9.80 Å². The Labute approximate surface area is 183 Å². The van der Waals surface area contributed by atoms with Gasteiger partial charge in [-0.1, -0.05) is 42.5 Å².